The number of hydrogen-bond acceptors (Lipinski definition) is 5. The van der Waals surface area contributed by atoms with Crippen LogP contribution in [0.2, 0.25) is 0 Å². The summed E-state index contributed by atoms with van der Waals surface area (Å²) >= 11 is 1.49. The Morgan fingerprint density at radius 2 is 2.16 bits per heavy atom. The summed E-state index contributed by atoms with van der Waals surface area (Å²) in [6.07, 6.45) is 0.274. The van der Waals surface area contributed by atoms with Crippen molar-refractivity contribution >= 4 is 17.2 Å². The van der Waals surface area contributed by atoms with E-state index in [1.165, 1.54) is 11.3 Å². The maximum atomic E-state index is 12.5. The molecule has 3 rings (SSSR count). The Bertz CT molecular complexity index is 869. The molecule has 6 heteroatoms. The second-order valence-electron chi connectivity index (χ2n) is 5.83. The molecule has 0 N–H and O–H groups in total. The third kappa shape index (κ3) is 4.28. The highest BCUT2D eigenvalue weighted by atomic mass is 32.1. The highest BCUT2D eigenvalue weighted by molar-refractivity contribution is 7.13. The molecule has 0 aliphatic rings. The number of hydrogen-bond donors (Lipinski definition) is 0. The van der Waals surface area contributed by atoms with Crippen molar-refractivity contribution in [3.8, 4) is 16.5 Å². The summed E-state index contributed by atoms with van der Waals surface area (Å²) in [6.45, 7) is 2.43. The molecule has 0 bridgehead atoms. The van der Waals surface area contributed by atoms with Gasteiger partial charge in [0.1, 0.15) is 11.5 Å². The van der Waals surface area contributed by atoms with Gasteiger partial charge in [-0.15, -0.1) is 11.3 Å². The molecule has 0 saturated carbocycles. The lowest BCUT2D eigenvalue weighted by atomic mass is 10.2. The molecule has 0 aliphatic carbocycles. The van der Waals surface area contributed by atoms with Gasteiger partial charge in [0.25, 0.3) is 0 Å². The van der Waals surface area contributed by atoms with Crippen LogP contribution in [0, 0.1) is 6.92 Å². The van der Waals surface area contributed by atoms with Gasteiger partial charge in [0.15, 0.2) is 10.8 Å². The third-order valence-electron chi connectivity index (χ3n) is 3.81. The first kappa shape index (κ1) is 17.2. The summed E-state index contributed by atoms with van der Waals surface area (Å²) in [5.74, 6) is 2.40. The number of aryl methyl sites for hydroxylation is 1. The van der Waals surface area contributed by atoms with E-state index in [1.54, 1.807) is 19.1 Å². The summed E-state index contributed by atoms with van der Waals surface area (Å²) in [5, 5.41) is 2.70. The number of amides is 1. The Balaban J connectivity index is 1.62. The standard InChI is InChI=1S/C19H20N2O3S/c1-13-7-8-17(24-13)19-20-15(12-25-19)10-18(22)21(2)11-14-5-4-6-16(9-14)23-3/h4-9,12H,10-11H2,1-3H3. The smallest absolute Gasteiger partial charge is 0.228 e. The van der Waals surface area contributed by atoms with E-state index < -0.39 is 0 Å². The molecule has 130 valence electrons. The molecule has 5 nitrogen and oxygen atoms in total. The topological polar surface area (TPSA) is 55.6 Å². The van der Waals surface area contributed by atoms with Gasteiger partial charge in [-0.3, -0.25) is 4.79 Å². The first-order valence-electron chi connectivity index (χ1n) is 7.93. The van der Waals surface area contributed by atoms with Crippen molar-refractivity contribution in [1.29, 1.82) is 0 Å². The van der Waals surface area contributed by atoms with Crippen molar-refractivity contribution in [3.05, 3.63) is 58.8 Å². The van der Waals surface area contributed by atoms with Gasteiger partial charge in [0.05, 0.1) is 19.2 Å². The Labute approximate surface area is 150 Å². The molecule has 2 heterocycles. The maximum absolute atomic E-state index is 12.5. The van der Waals surface area contributed by atoms with E-state index in [4.69, 9.17) is 9.15 Å². The van der Waals surface area contributed by atoms with Gasteiger partial charge in [-0.25, -0.2) is 4.98 Å². The molecular weight excluding hydrogens is 336 g/mol. The number of methoxy groups -OCH3 is 1. The zero-order valence-corrected chi connectivity index (χ0v) is 15.3. The minimum Gasteiger partial charge on any atom is -0.497 e. The van der Waals surface area contributed by atoms with Crippen molar-refractivity contribution in [3.63, 3.8) is 0 Å². The molecule has 25 heavy (non-hydrogen) atoms. The normalized spacial score (nSPS) is 10.7. The largest absolute Gasteiger partial charge is 0.497 e. The number of likely N-dealkylation sites (N-methyl/N-ethyl adjacent to an activating group) is 1. The van der Waals surface area contributed by atoms with E-state index in [1.807, 2.05) is 48.7 Å². The van der Waals surface area contributed by atoms with Gasteiger partial charge < -0.3 is 14.1 Å². The van der Waals surface area contributed by atoms with Crippen LogP contribution in [-0.4, -0.2) is 29.9 Å². The molecule has 0 saturated heterocycles. The number of carbonyl (C=O) groups excluding carboxylic acids is 1. The van der Waals surface area contributed by atoms with E-state index >= 15 is 0 Å². The molecule has 0 radical (unpaired) electrons. The van der Waals surface area contributed by atoms with Crippen molar-refractivity contribution in [2.75, 3.05) is 14.2 Å². The van der Waals surface area contributed by atoms with E-state index in [0.717, 1.165) is 33.5 Å². The number of carbonyl (C=O) groups is 1. The van der Waals surface area contributed by atoms with Crippen molar-refractivity contribution in [1.82, 2.24) is 9.88 Å². The van der Waals surface area contributed by atoms with Gasteiger partial charge in [-0.05, 0) is 36.8 Å². The lowest BCUT2D eigenvalue weighted by molar-refractivity contribution is -0.129. The molecule has 0 spiro atoms. The van der Waals surface area contributed by atoms with Gasteiger partial charge >= 0.3 is 0 Å². The van der Waals surface area contributed by atoms with Crippen LogP contribution < -0.4 is 4.74 Å². The molecular formula is C19H20N2O3S. The number of furan rings is 1. The number of benzene rings is 1. The molecule has 1 amide bonds. The molecule has 0 fully saturated rings. The molecule has 1 aromatic carbocycles. The molecule has 3 aromatic rings. The average molecular weight is 356 g/mol. The zero-order valence-electron chi connectivity index (χ0n) is 14.5. The SMILES string of the molecule is COc1cccc(CN(C)C(=O)Cc2csc(-c3ccc(C)o3)n2)c1. The van der Waals surface area contributed by atoms with E-state index in [9.17, 15) is 4.79 Å². The minimum absolute atomic E-state index is 0.0234. The first-order valence-corrected chi connectivity index (χ1v) is 8.81. The zero-order chi connectivity index (χ0) is 17.8. The Morgan fingerprint density at radius 3 is 2.88 bits per heavy atom. The number of ether oxygens (including phenoxy) is 1. The lowest BCUT2D eigenvalue weighted by Gasteiger charge is -2.17. The van der Waals surface area contributed by atoms with Crippen LogP contribution in [0.3, 0.4) is 0 Å². The van der Waals surface area contributed by atoms with Crippen molar-refractivity contribution in [2.24, 2.45) is 0 Å². The molecule has 0 unspecified atom stereocenters. The summed E-state index contributed by atoms with van der Waals surface area (Å²) in [4.78, 5) is 18.7. The Kier molecular flexibility index (Phi) is 5.19. The number of aromatic nitrogens is 1. The molecule has 0 aliphatic heterocycles. The van der Waals surface area contributed by atoms with Gasteiger partial charge in [-0.1, -0.05) is 12.1 Å². The molecule has 0 atom stereocenters. The van der Waals surface area contributed by atoms with Crippen molar-refractivity contribution < 1.29 is 13.9 Å². The fourth-order valence-electron chi connectivity index (χ4n) is 2.47. The summed E-state index contributed by atoms with van der Waals surface area (Å²) in [7, 11) is 3.43. The number of rotatable bonds is 6. The fourth-order valence-corrected chi connectivity index (χ4v) is 3.25. The highest BCUT2D eigenvalue weighted by Crippen LogP contribution is 2.26. The average Bonchev–Trinajstić information content (AvgIpc) is 3.24. The number of thiazole rings is 1. The third-order valence-corrected chi connectivity index (χ3v) is 4.72. The van der Waals surface area contributed by atoms with E-state index in [0.29, 0.717) is 6.54 Å². The maximum Gasteiger partial charge on any atom is 0.228 e. The Morgan fingerprint density at radius 1 is 1.32 bits per heavy atom. The monoisotopic (exact) mass is 356 g/mol. The van der Waals surface area contributed by atoms with Crippen LogP contribution >= 0.6 is 11.3 Å². The van der Waals surface area contributed by atoms with Crippen LogP contribution in [0.4, 0.5) is 0 Å². The minimum atomic E-state index is 0.0234. The van der Waals surface area contributed by atoms with Crippen molar-refractivity contribution in [2.45, 2.75) is 19.9 Å². The van der Waals surface area contributed by atoms with E-state index in [-0.39, 0.29) is 12.3 Å². The van der Waals surface area contributed by atoms with Gasteiger partial charge in [-0.2, -0.15) is 0 Å². The quantitative estimate of drug-likeness (QED) is 0.672. The van der Waals surface area contributed by atoms with Gasteiger partial charge in [0, 0.05) is 19.0 Å². The predicted molar refractivity (Wildman–Crippen MR) is 97.7 cm³/mol. The predicted octanol–water partition coefficient (Wildman–Crippen LogP) is 3.92. The number of nitrogens with zero attached hydrogens (tertiary/aromatic N) is 2. The van der Waals surface area contributed by atoms with Crippen LogP contribution in [0.1, 0.15) is 17.0 Å². The van der Waals surface area contributed by atoms with Crippen LogP contribution in [0.5, 0.6) is 5.75 Å². The summed E-state index contributed by atoms with van der Waals surface area (Å²) in [6, 6.07) is 11.5. The highest BCUT2D eigenvalue weighted by Gasteiger charge is 2.14. The lowest BCUT2D eigenvalue weighted by Crippen LogP contribution is -2.27. The molecule has 2 aromatic heterocycles. The summed E-state index contributed by atoms with van der Waals surface area (Å²) < 4.78 is 10.8. The van der Waals surface area contributed by atoms with Gasteiger partial charge in [0.2, 0.25) is 5.91 Å². The first-order chi connectivity index (χ1) is 12.0. The Hall–Kier alpha value is -2.60. The van der Waals surface area contributed by atoms with Crippen LogP contribution in [-0.2, 0) is 17.8 Å². The fraction of sp³-hybridized carbons (Fsp3) is 0.263. The summed E-state index contributed by atoms with van der Waals surface area (Å²) in [5.41, 5.74) is 1.79. The second-order valence-corrected chi connectivity index (χ2v) is 6.69. The second kappa shape index (κ2) is 7.53. The van der Waals surface area contributed by atoms with Crippen LogP contribution in [0.25, 0.3) is 10.8 Å². The van der Waals surface area contributed by atoms with E-state index in [2.05, 4.69) is 4.98 Å². The van der Waals surface area contributed by atoms with Crippen LogP contribution in [0.15, 0.2) is 46.2 Å².